The zero-order valence-electron chi connectivity index (χ0n) is 6.59. The van der Waals surface area contributed by atoms with Gasteiger partial charge in [0.2, 0.25) is 5.91 Å². The summed E-state index contributed by atoms with van der Waals surface area (Å²) in [6.45, 7) is 1.72. The molecule has 12 heavy (non-hydrogen) atoms. The van der Waals surface area contributed by atoms with Crippen molar-refractivity contribution in [3.8, 4) is 0 Å². The molecule has 1 fully saturated rings. The van der Waals surface area contributed by atoms with Crippen molar-refractivity contribution < 1.29 is 19.5 Å². The average molecular weight is 174 g/mol. The summed E-state index contributed by atoms with van der Waals surface area (Å²) in [6.07, 6.45) is 0.222. The van der Waals surface area contributed by atoms with Gasteiger partial charge in [-0.3, -0.25) is 14.9 Å². The van der Waals surface area contributed by atoms with Crippen LogP contribution >= 0.6 is 0 Å². The van der Waals surface area contributed by atoms with Crippen LogP contribution in [0.25, 0.3) is 0 Å². The van der Waals surface area contributed by atoms with Gasteiger partial charge in [0.1, 0.15) is 0 Å². The van der Waals surface area contributed by atoms with E-state index in [1.54, 1.807) is 6.92 Å². The summed E-state index contributed by atoms with van der Waals surface area (Å²) >= 11 is 0. The maximum atomic E-state index is 10.1. The predicted molar refractivity (Wildman–Crippen MR) is 39.5 cm³/mol. The van der Waals surface area contributed by atoms with E-state index in [9.17, 15) is 14.4 Å². The van der Waals surface area contributed by atoms with Crippen LogP contribution in [-0.4, -0.2) is 29.6 Å². The van der Waals surface area contributed by atoms with E-state index in [4.69, 9.17) is 5.11 Å². The molecule has 0 aromatic heterocycles. The Morgan fingerprint density at radius 3 is 2.17 bits per heavy atom. The van der Waals surface area contributed by atoms with Gasteiger partial charge in [-0.15, -0.1) is 0 Å². The van der Waals surface area contributed by atoms with Crippen molar-refractivity contribution in [1.82, 2.24) is 10.6 Å². The Balaban J connectivity index is 0.000000217. The van der Waals surface area contributed by atoms with Crippen LogP contribution in [0.5, 0.6) is 0 Å². The van der Waals surface area contributed by atoms with E-state index in [1.165, 1.54) is 0 Å². The SMILES string of the molecule is CCC(=O)O.O=C1CNC(=O)N1. The van der Waals surface area contributed by atoms with Gasteiger partial charge in [-0.25, -0.2) is 4.79 Å². The van der Waals surface area contributed by atoms with Gasteiger partial charge in [0.15, 0.2) is 0 Å². The lowest BCUT2D eigenvalue weighted by molar-refractivity contribution is -0.136. The first-order valence-corrected chi connectivity index (χ1v) is 3.35. The molecule has 0 aromatic rings. The Morgan fingerprint density at radius 1 is 1.58 bits per heavy atom. The lowest BCUT2D eigenvalue weighted by Gasteiger charge is -1.78. The molecule has 0 spiro atoms. The van der Waals surface area contributed by atoms with E-state index in [2.05, 4.69) is 5.32 Å². The fraction of sp³-hybridized carbons (Fsp3) is 0.500. The summed E-state index contributed by atoms with van der Waals surface area (Å²) in [5.74, 6) is -1.00. The van der Waals surface area contributed by atoms with E-state index in [1.807, 2.05) is 5.32 Å². The molecule has 1 aliphatic heterocycles. The Kier molecular flexibility index (Phi) is 4.43. The van der Waals surface area contributed by atoms with Crippen molar-refractivity contribution in [1.29, 1.82) is 0 Å². The second kappa shape index (κ2) is 5.11. The monoisotopic (exact) mass is 174 g/mol. The van der Waals surface area contributed by atoms with E-state index in [0.29, 0.717) is 0 Å². The first-order chi connectivity index (χ1) is 5.56. The highest BCUT2D eigenvalue weighted by Crippen LogP contribution is 1.73. The van der Waals surface area contributed by atoms with Gasteiger partial charge in [-0.05, 0) is 0 Å². The predicted octanol–water partition coefficient (Wildman–Crippen LogP) is -0.693. The van der Waals surface area contributed by atoms with Gasteiger partial charge in [0.25, 0.3) is 0 Å². The highest BCUT2D eigenvalue weighted by atomic mass is 16.4. The minimum absolute atomic E-state index is 0.124. The number of aliphatic carboxylic acids is 1. The summed E-state index contributed by atoms with van der Waals surface area (Å²) in [7, 11) is 0. The molecule has 0 unspecified atom stereocenters. The highest BCUT2D eigenvalue weighted by Gasteiger charge is 2.14. The van der Waals surface area contributed by atoms with Crippen LogP contribution in [0.3, 0.4) is 0 Å². The molecular formula is C6H10N2O4. The Hall–Kier alpha value is -1.59. The van der Waals surface area contributed by atoms with Gasteiger partial charge in [-0.1, -0.05) is 6.92 Å². The van der Waals surface area contributed by atoms with Crippen LogP contribution < -0.4 is 10.6 Å². The first-order valence-electron chi connectivity index (χ1n) is 3.35. The molecular weight excluding hydrogens is 164 g/mol. The second-order valence-electron chi connectivity index (χ2n) is 1.98. The number of amides is 3. The normalized spacial score (nSPS) is 14.1. The summed E-state index contributed by atoms with van der Waals surface area (Å²) in [5, 5.41) is 12.0. The third-order valence-electron chi connectivity index (χ3n) is 0.965. The van der Waals surface area contributed by atoms with Crippen LogP contribution in [0.2, 0.25) is 0 Å². The number of carbonyl (C=O) groups is 3. The van der Waals surface area contributed by atoms with E-state index in [0.717, 1.165) is 0 Å². The minimum atomic E-state index is -0.745. The van der Waals surface area contributed by atoms with Crippen molar-refractivity contribution in [2.75, 3.05) is 6.54 Å². The average Bonchev–Trinajstić information content (AvgIpc) is 2.36. The molecule has 6 nitrogen and oxygen atoms in total. The summed E-state index contributed by atoms with van der Waals surface area (Å²) < 4.78 is 0. The van der Waals surface area contributed by atoms with Crippen molar-refractivity contribution in [2.45, 2.75) is 13.3 Å². The number of imide groups is 1. The number of nitrogens with one attached hydrogen (secondary N) is 2. The third-order valence-corrected chi connectivity index (χ3v) is 0.965. The molecule has 0 atom stereocenters. The van der Waals surface area contributed by atoms with Crippen molar-refractivity contribution in [3.05, 3.63) is 0 Å². The van der Waals surface area contributed by atoms with Crippen LogP contribution in [0.1, 0.15) is 13.3 Å². The number of carboxylic acid groups (broad SMARTS) is 1. The molecule has 6 heteroatoms. The largest absolute Gasteiger partial charge is 0.481 e. The number of rotatable bonds is 1. The molecule has 1 aliphatic rings. The lowest BCUT2D eigenvalue weighted by atomic mass is 10.5. The molecule has 3 amide bonds. The summed E-state index contributed by atoms with van der Waals surface area (Å²) in [6, 6.07) is -0.398. The molecule has 0 saturated carbocycles. The molecule has 1 rings (SSSR count). The number of hydrogen-bond acceptors (Lipinski definition) is 3. The van der Waals surface area contributed by atoms with Crippen LogP contribution in [0.4, 0.5) is 4.79 Å². The number of carboxylic acids is 1. The van der Waals surface area contributed by atoms with Crippen molar-refractivity contribution in [3.63, 3.8) is 0 Å². The van der Waals surface area contributed by atoms with Crippen molar-refractivity contribution in [2.24, 2.45) is 0 Å². The van der Waals surface area contributed by atoms with E-state index < -0.39 is 12.0 Å². The Bertz CT molecular complexity index is 188. The third kappa shape index (κ3) is 5.21. The van der Waals surface area contributed by atoms with Gasteiger partial charge in [0.05, 0.1) is 6.54 Å². The standard InChI is InChI=1S/C3H4N2O2.C3H6O2/c6-2-1-4-3(7)5-2;1-2-3(4)5/h1H2,(H2,4,5,6,7);2H2,1H3,(H,4,5). The molecule has 3 N–H and O–H groups in total. The van der Waals surface area contributed by atoms with Gasteiger partial charge in [-0.2, -0.15) is 0 Å². The maximum absolute atomic E-state index is 10.1. The molecule has 1 saturated heterocycles. The van der Waals surface area contributed by atoms with Gasteiger partial charge >= 0.3 is 12.0 Å². The Morgan fingerprint density at radius 2 is 2.08 bits per heavy atom. The second-order valence-corrected chi connectivity index (χ2v) is 1.98. The number of urea groups is 1. The van der Waals surface area contributed by atoms with Crippen molar-refractivity contribution >= 4 is 17.9 Å². The Labute approximate surface area is 68.9 Å². The van der Waals surface area contributed by atoms with E-state index >= 15 is 0 Å². The minimum Gasteiger partial charge on any atom is -0.481 e. The first kappa shape index (κ1) is 10.4. The molecule has 0 radical (unpaired) electrons. The van der Waals surface area contributed by atoms with E-state index in [-0.39, 0.29) is 18.9 Å². The number of carbonyl (C=O) groups excluding carboxylic acids is 2. The fourth-order valence-corrected chi connectivity index (χ4v) is 0.376. The smallest absolute Gasteiger partial charge is 0.321 e. The highest BCUT2D eigenvalue weighted by molar-refractivity contribution is 6.01. The maximum Gasteiger partial charge on any atom is 0.321 e. The molecule has 0 aliphatic carbocycles. The van der Waals surface area contributed by atoms with Gasteiger partial charge < -0.3 is 10.4 Å². The zero-order valence-corrected chi connectivity index (χ0v) is 6.59. The van der Waals surface area contributed by atoms with Crippen LogP contribution in [0, 0.1) is 0 Å². The summed E-state index contributed by atoms with van der Waals surface area (Å²) in [5.41, 5.74) is 0. The lowest BCUT2D eigenvalue weighted by Crippen LogP contribution is -2.22. The topological polar surface area (TPSA) is 95.5 Å². The molecule has 68 valence electrons. The van der Waals surface area contributed by atoms with Crippen LogP contribution in [-0.2, 0) is 9.59 Å². The molecule has 0 aromatic carbocycles. The van der Waals surface area contributed by atoms with Crippen LogP contribution in [0.15, 0.2) is 0 Å². The fourth-order valence-electron chi connectivity index (χ4n) is 0.376. The quantitative estimate of drug-likeness (QED) is 0.458. The molecule has 1 heterocycles. The molecule has 0 bridgehead atoms. The zero-order chi connectivity index (χ0) is 9.56. The number of hydrogen-bond donors (Lipinski definition) is 3. The summed E-state index contributed by atoms with van der Waals surface area (Å²) in [4.78, 5) is 29.4. The van der Waals surface area contributed by atoms with Gasteiger partial charge in [0, 0.05) is 6.42 Å².